The molecule has 1 N–H and O–H groups in total. The maximum Gasteiger partial charge on any atom is 0.0847 e. The molecule has 0 spiro atoms. The Balaban J connectivity index is 2.33. The molecule has 0 fully saturated rings. The smallest absolute Gasteiger partial charge is 0.0847 e. The van der Waals surface area contributed by atoms with E-state index in [2.05, 4.69) is 58.4 Å². The van der Waals surface area contributed by atoms with Crippen molar-refractivity contribution in [1.29, 1.82) is 0 Å². The largest absolute Gasteiger partial charge is 0.313 e. The van der Waals surface area contributed by atoms with Crippen LogP contribution in [0.3, 0.4) is 0 Å². The van der Waals surface area contributed by atoms with Gasteiger partial charge >= 0.3 is 0 Å². The summed E-state index contributed by atoms with van der Waals surface area (Å²) in [5.41, 5.74) is 4.47. The topological polar surface area (TPSA) is 29.9 Å². The fourth-order valence-electron chi connectivity index (χ4n) is 2.47. The van der Waals surface area contributed by atoms with Gasteiger partial charge in [-0.25, -0.2) is 0 Å². The molecule has 0 saturated carbocycles. The number of nitrogens with zero attached hydrogens (tertiary/aromatic N) is 2. The van der Waals surface area contributed by atoms with Crippen LogP contribution in [0.15, 0.2) is 22.7 Å². The van der Waals surface area contributed by atoms with E-state index in [1.165, 1.54) is 11.1 Å². The lowest BCUT2D eigenvalue weighted by molar-refractivity contribution is 0.541. The van der Waals surface area contributed by atoms with Crippen LogP contribution in [0.1, 0.15) is 35.5 Å². The second-order valence-corrected chi connectivity index (χ2v) is 6.45. The molecule has 1 heterocycles. The molecule has 0 amide bonds. The van der Waals surface area contributed by atoms with Gasteiger partial charge in [0, 0.05) is 23.5 Å². The summed E-state index contributed by atoms with van der Waals surface area (Å²) in [5, 5.41) is 8.65. The van der Waals surface area contributed by atoms with Crippen molar-refractivity contribution < 1.29 is 0 Å². The van der Waals surface area contributed by atoms with E-state index in [0.717, 1.165) is 33.8 Å². The van der Waals surface area contributed by atoms with Crippen molar-refractivity contribution in [3.8, 4) is 0 Å². The van der Waals surface area contributed by atoms with E-state index in [1.54, 1.807) is 0 Å². The molecule has 0 bridgehead atoms. The van der Waals surface area contributed by atoms with Crippen molar-refractivity contribution in [2.45, 2.75) is 39.8 Å². The summed E-state index contributed by atoms with van der Waals surface area (Å²) < 4.78 is 3.12. The van der Waals surface area contributed by atoms with Gasteiger partial charge in [0.15, 0.2) is 0 Å². The van der Waals surface area contributed by atoms with E-state index in [-0.39, 0.29) is 6.04 Å². The number of aromatic nitrogens is 2. The Morgan fingerprint density at radius 2 is 2.10 bits per heavy atom. The van der Waals surface area contributed by atoms with Crippen molar-refractivity contribution in [3.05, 3.63) is 50.2 Å². The van der Waals surface area contributed by atoms with Gasteiger partial charge in [-0.05, 0) is 45.0 Å². The number of hydrogen-bond donors (Lipinski definition) is 1. The first-order chi connectivity index (χ1) is 9.97. The molecule has 5 heteroatoms. The van der Waals surface area contributed by atoms with Gasteiger partial charge in [-0.1, -0.05) is 39.7 Å². The zero-order valence-electron chi connectivity index (χ0n) is 12.9. The maximum atomic E-state index is 6.42. The van der Waals surface area contributed by atoms with Crippen LogP contribution < -0.4 is 5.32 Å². The standard InChI is InChI=1S/C16H21BrClN3/c1-5-21-15(16(18)11(3)20-21)9-14(19-4)12-7-6-10(2)13(17)8-12/h6-8,14,19H,5,9H2,1-4H3. The third kappa shape index (κ3) is 3.50. The minimum atomic E-state index is 0.209. The average molecular weight is 371 g/mol. The fraction of sp³-hybridized carbons (Fsp3) is 0.438. The van der Waals surface area contributed by atoms with Crippen molar-refractivity contribution in [2.75, 3.05) is 7.05 Å². The highest BCUT2D eigenvalue weighted by Gasteiger charge is 2.18. The van der Waals surface area contributed by atoms with Crippen LogP contribution in [0.2, 0.25) is 5.02 Å². The molecule has 0 aliphatic carbocycles. The molecular weight excluding hydrogens is 350 g/mol. The van der Waals surface area contributed by atoms with Crippen LogP contribution in [0.5, 0.6) is 0 Å². The number of likely N-dealkylation sites (N-methyl/N-ethyl adjacent to an activating group) is 1. The van der Waals surface area contributed by atoms with E-state index >= 15 is 0 Å². The van der Waals surface area contributed by atoms with Crippen LogP contribution in [0, 0.1) is 13.8 Å². The minimum Gasteiger partial charge on any atom is -0.313 e. The molecule has 21 heavy (non-hydrogen) atoms. The number of nitrogens with one attached hydrogen (secondary N) is 1. The first-order valence-electron chi connectivity index (χ1n) is 7.13. The van der Waals surface area contributed by atoms with Crippen molar-refractivity contribution >= 4 is 27.5 Å². The van der Waals surface area contributed by atoms with Gasteiger partial charge in [-0.15, -0.1) is 0 Å². The SMILES string of the molecule is CCn1nc(C)c(Cl)c1CC(NC)c1ccc(C)c(Br)c1. The summed E-state index contributed by atoms with van der Waals surface area (Å²) >= 11 is 10.0. The monoisotopic (exact) mass is 369 g/mol. The molecule has 2 rings (SSSR count). The van der Waals surface area contributed by atoms with Crippen molar-refractivity contribution in [1.82, 2.24) is 15.1 Å². The number of aryl methyl sites for hydroxylation is 3. The van der Waals surface area contributed by atoms with Gasteiger partial charge in [-0.2, -0.15) is 5.10 Å². The van der Waals surface area contributed by atoms with E-state index in [0.29, 0.717) is 0 Å². The highest BCUT2D eigenvalue weighted by molar-refractivity contribution is 9.10. The molecule has 0 radical (unpaired) electrons. The van der Waals surface area contributed by atoms with Crippen molar-refractivity contribution in [2.24, 2.45) is 0 Å². The predicted molar refractivity (Wildman–Crippen MR) is 92.0 cm³/mol. The molecule has 0 saturated heterocycles. The zero-order chi connectivity index (χ0) is 15.6. The van der Waals surface area contributed by atoms with Crippen LogP contribution in [-0.2, 0) is 13.0 Å². The summed E-state index contributed by atoms with van der Waals surface area (Å²) in [5.74, 6) is 0. The molecule has 1 aromatic carbocycles. The normalized spacial score (nSPS) is 12.7. The van der Waals surface area contributed by atoms with Gasteiger partial charge < -0.3 is 5.32 Å². The Labute approximate surface area is 139 Å². The number of hydrogen-bond acceptors (Lipinski definition) is 2. The Morgan fingerprint density at radius 1 is 1.38 bits per heavy atom. The van der Waals surface area contributed by atoms with Gasteiger partial charge in [0.25, 0.3) is 0 Å². The minimum absolute atomic E-state index is 0.209. The van der Waals surface area contributed by atoms with Crippen LogP contribution in [0.4, 0.5) is 0 Å². The highest BCUT2D eigenvalue weighted by atomic mass is 79.9. The molecule has 1 unspecified atom stereocenters. The Bertz CT molecular complexity index is 637. The number of benzene rings is 1. The second kappa shape index (κ2) is 6.95. The summed E-state index contributed by atoms with van der Waals surface area (Å²) in [7, 11) is 1.98. The van der Waals surface area contributed by atoms with Gasteiger partial charge in [0.2, 0.25) is 0 Å². The van der Waals surface area contributed by atoms with Gasteiger partial charge in [0.05, 0.1) is 16.4 Å². The lowest BCUT2D eigenvalue weighted by Gasteiger charge is -2.18. The molecule has 114 valence electrons. The van der Waals surface area contributed by atoms with E-state index < -0.39 is 0 Å². The molecule has 3 nitrogen and oxygen atoms in total. The Hall–Kier alpha value is -0.840. The van der Waals surface area contributed by atoms with E-state index in [4.69, 9.17) is 11.6 Å². The van der Waals surface area contributed by atoms with Gasteiger partial charge in [0.1, 0.15) is 0 Å². The van der Waals surface area contributed by atoms with E-state index in [9.17, 15) is 0 Å². The first kappa shape index (κ1) is 16.5. The fourth-order valence-corrected chi connectivity index (χ4v) is 3.08. The quantitative estimate of drug-likeness (QED) is 0.843. The second-order valence-electron chi connectivity index (χ2n) is 5.22. The van der Waals surface area contributed by atoms with Gasteiger partial charge in [-0.3, -0.25) is 4.68 Å². The summed E-state index contributed by atoms with van der Waals surface area (Å²) in [4.78, 5) is 0. The van der Waals surface area contributed by atoms with E-state index in [1.807, 2.05) is 18.7 Å². The van der Waals surface area contributed by atoms with Crippen molar-refractivity contribution in [3.63, 3.8) is 0 Å². The lowest BCUT2D eigenvalue weighted by atomic mass is 10.0. The summed E-state index contributed by atoms with van der Waals surface area (Å²) in [6, 6.07) is 6.67. The third-order valence-electron chi connectivity index (χ3n) is 3.80. The summed E-state index contributed by atoms with van der Waals surface area (Å²) in [6.45, 7) is 6.96. The van der Waals surface area contributed by atoms with Crippen LogP contribution in [0.25, 0.3) is 0 Å². The molecule has 1 atom stereocenters. The third-order valence-corrected chi connectivity index (χ3v) is 5.14. The van der Waals surface area contributed by atoms with Crippen LogP contribution in [-0.4, -0.2) is 16.8 Å². The lowest BCUT2D eigenvalue weighted by Crippen LogP contribution is -2.20. The Kier molecular flexibility index (Phi) is 5.47. The first-order valence-corrected chi connectivity index (χ1v) is 8.30. The summed E-state index contributed by atoms with van der Waals surface area (Å²) in [6.07, 6.45) is 0.819. The molecular formula is C16H21BrClN3. The molecule has 1 aromatic heterocycles. The zero-order valence-corrected chi connectivity index (χ0v) is 15.2. The Morgan fingerprint density at radius 3 is 2.67 bits per heavy atom. The maximum absolute atomic E-state index is 6.42. The molecule has 0 aliphatic rings. The highest BCUT2D eigenvalue weighted by Crippen LogP contribution is 2.28. The molecule has 2 aromatic rings. The number of rotatable bonds is 5. The predicted octanol–water partition coefficient (Wildman–Crippen LogP) is 4.44. The number of halogens is 2. The average Bonchev–Trinajstić information content (AvgIpc) is 2.75. The van der Waals surface area contributed by atoms with Crippen LogP contribution >= 0.6 is 27.5 Å². The molecule has 0 aliphatic heterocycles.